The summed E-state index contributed by atoms with van der Waals surface area (Å²) in [6, 6.07) is 16.0. The molecular weight excluding hydrogens is 326 g/mol. The standard InChI is InChI=1S/C17H17N3O3S/c18-24(21,22)16-9-8-15(17-14(16)7-4-10-20-17)19-11-12-23-13-5-2-1-3-6-13/h1-10,19H,11-12H2,(H2,18,21,22). The molecule has 3 aromatic rings. The molecule has 1 aromatic heterocycles. The first-order valence-electron chi connectivity index (χ1n) is 7.38. The van der Waals surface area contributed by atoms with Gasteiger partial charge in [-0.15, -0.1) is 0 Å². The second-order valence-electron chi connectivity index (χ2n) is 5.14. The third-order valence-electron chi connectivity index (χ3n) is 3.47. The molecule has 0 spiro atoms. The smallest absolute Gasteiger partial charge is 0.238 e. The van der Waals surface area contributed by atoms with Gasteiger partial charge in [0.05, 0.1) is 16.1 Å². The van der Waals surface area contributed by atoms with E-state index in [-0.39, 0.29) is 4.90 Å². The number of fused-ring (bicyclic) bond motifs is 1. The van der Waals surface area contributed by atoms with Gasteiger partial charge in [-0.05, 0) is 36.4 Å². The van der Waals surface area contributed by atoms with Crippen molar-refractivity contribution in [1.29, 1.82) is 0 Å². The van der Waals surface area contributed by atoms with Crippen molar-refractivity contribution in [2.75, 3.05) is 18.5 Å². The number of nitrogens with two attached hydrogens (primary N) is 1. The summed E-state index contributed by atoms with van der Waals surface area (Å²) >= 11 is 0. The second kappa shape index (κ2) is 6.86. The van der Waals surface area contributed by atoms with Crippen molar-refractivity contribution in [3.05, 3.63) is 60.8 Å². The van der Waals surface area contributed by atoms with Gasteiger partial charge < -0.3 is 10.1 Å². The molecule has 1 heterocycles. The molecular formula is C17H17N3O3S. The van der Waals surface area contributed by atoms with Crippen LogP contribution in [0.1, 0.15) is 0 Å². The minimum absolute atomic E-state index is 0.0664. The number of pyridine rings is 1. The van der Waals surface area contributed by atoms with Crippen LogP contribution in [0.4, 0.5) is 5.69 Å². The first kappa shape index (κ1) is 16.2. The van der Waals surface area contributed by atoms with E-state index in [1.807, 2.05) is 30.3 Å². The summed E-state index contributed by atoms with van der Waals surface area (Å²) < 4.78 is 29.0. The van der Waals surface area contributed by atoms with Crippen molar-refractivity contribution in [2.24, 2.45) is 5.14 Å². The lowest BCUT2D eigenvalue weighted by Crippen LogP contribution is -2.14. The van der Waals surface area contributed by atoms with E-state index in [2.05, 4.69) is 10.3 Å². The van der Waals surface area contributed by atoms with Crippen molar-refractivity contribution >= 4 is 26.6 Å². The van der Waals surface area contributed by atoms with Crippen LogP contribution in [-0.2, 0) is 10.0 Å². The molecule has 0 saturated carbocycles. The number of hydrogen-bond acceptors (Lipinski definition) is 5. The maximum absolute atomic E-state index is 11.7. The minimum atomic E-state index is -3.80. The molecule has 2 aromatic carbocycles. The SMILES string of the molecule is NS(=O)(=O)c1ccc(NCCOc2ccccc2)c2ncccc12. The van der Waals surface area contributed by atoms with E-state index in [1.54, 1.807) is 24.4 Å². The van der Waals surface area contributed by atoms with E-state index in [4.69, 9.17) is 9.88 Å². The fourth-order valence-corrected chi connectivity index (χ4v) is 3.14. The van der Waals surface area contributed by atoms with Crippen LogP contribution in [0.15, 0.2) is 65.7 Å². The highest BCUT2D eigenvalue weighted by Gasteiger charge is 2.14. The van der Waals surface area contributed by atoms with Crippen LogP contribution in [0.3, 0.4) is 0 Å². The fraction of sp³-hybridized carbons (Fsp3) is 0.118. The van der Waals surface area contributed by atoms with Gasteiger partial charge in [-0.25, -0.2) is 13.6 Å². The maximum Gasteiger partial charge on any atom is 0.238 e. The van der Waals surface area contributed by atoms with Gasteiger partial charge in [-0.3, -0.25) is 4.98 Å². The lowest BCUT2D eigenvalue weighted by atomic mass is 10.2. The summed E-state index contributed by atoms with van der Waals surface area (Å²) in [6.45, 7) is 1.02. The van der Waals surface area contributed by atoms with Gasteiger partial charge in [0.15, 0.2) is 0 Å². The van der Waals surface area contributed by atoms with E-state index < -0.39 is 10.0 Å². The van der Waals surface area contributed by atoms with Crippen molar-refractivity contribution < 1.29 is 13.2 Å². The molecule has 0 aliphatic heterocycles. The number of rotatable bonds is 6. The Bertz CT molecular complexity index is 944. The highest BCUT2D eigenvalue weighted by atomic mass is 32.2. The van der Waals surface area contributed by atoms with Gasteiger partial charge in [0, 0.05) is 18.1 Å². The summed E-state index contributed by atoms with van der Waals surface area (Å²) in [5.74, 6) is 0.798. The summed E-state index contributed by atoms with van der Waals surface area (Å²) in [5.41, 5.74) is 1.29. The van der Waals surface area contributed by atoms with E-state index >= 15 is 0 Å². The molecule has 124 valence electrons. The van der Waals surface area contributed by atoms with Crippen LogP contribution in [0.5, 0.6) is 5.75 Å². The monoisotopic (exact) mass is 343 g/mol. The molecule has 0 aliphatic rings. The average molecular weight is 343 g/mol. The molecule has 0 aliphatic carbocycles. The summed E-state index contributed by atoms with van der Waals surface area (Å²) in [4.78, 5) is 4.34. The molecule has 0 atom stereocenters. The topological polar surface area (TPSA) is 94.3 Å². The zero-order valence-corrected chi connectivity index (χ0v) is 13.7. The molecule has 0 radical (unpaired) electrons. The third-order valence-corrected chi connectivity index (χ3v) is 4.43. The Hall–Kier alpha value is -2.64. The number of anilines is 1. The van der Waals surface area contributed by atoms with Crippen LogP contribution >= 0.6 is 0 Å². The van der Waals surface area contributed by atoms with E-state index in [0.29, 0.717) is 24.1 Å². The van der Waals surface area contributed by atoms with Crippen LogP contribution in [0.25, 0.3) is 10.9 Å². The molecule has 6 nitrogen and oxygen atoms in total. The Morgan fingerprint density at radius 3 is 2.58 bits per heavy atom. The van der Waals surface area contributed by atoms with Crippen LogP contribution in [-0.4, -0.2) is 26.6 Å². The van der Waals surface area contributed by atoms with Crippen LogP contribution < -0.4 is 15.2 Å². The number of hydrogen-bond donors (Lipinski definition) is 2. The Morgan fingerprint density at radius 1 is 1.04 bits per heavy atom. The number of ether oxygens (including phenoxy) is 1. The summed E-state index contributed by atoms with van der Waals surface area (Å²) in [6.07, 6.45) is 1.61. The second-order valence-corrected chi connectivity index (χ2v) is 6.67. The Kier molecular flexibility index (Phi) is 4.64. The Morgan fingerprint density at radius 2 is 1.83 bits per heavy atom. The number of nitrogens with one attached hydrogen (secondary N) is 1. The molecule has 0 bridgehead atoms. The number of sulfonamides is 1. The lowest BCUT2D eigenvalue weighted by Gasteiger charge is -2.12. The summed E-state index contributed by atoms with van der Waals surface area (Å²) in [7, 11) is -3.80. The maximum atomic E-state index is 11.7. The molecule has 0 saturated heterocycles. The van der Waals surface area contributed by atoms with Gasteiger partial charge in [-0.1, -0.05) is 18.2 Å². The van der Waals surface area contributed by atoms with Gasteiger partial charge in [0.25, 0.3) is 0 Å². The first-order chi connectivity index (χ1) is 11.6. The quantitative estimate of drug-likeness (QED) is 0.670. The van der Waals surface area contributed by atoms with Crippen LogP contribution in [0.2, 0.25) is 0 Å². The molecule has 0 unspecified atom stereocenters. The Balaban J connectivity index is 1.76. The number of primary sulfonamides is 1. The lowest BCUT2D eigenvalue weighted by molar-refractivity contribution is 0.333. The van der Waals surface area contributed by atoms with Gasteiger partial charge in [0.2, 0.25) is 10.0 Å². The summed E-state index contributed by atoms with van der Waals surface area (Å²) in [5, 5.41) is 8.97. The highest BCUT2D eigenvalue weighted by molar-refractivity contribution is 7.89. The fourth-order valence-electron chi connectivity index (χ4n) is 2.41. The number of benzene rings is 2. The zero-order valence-electron chi connectivity index (χ0n) is 12.8. The molecule has 3 rings (SSSR count). The van der Waals surface area contributed by atoms with E-state index in [0.717, 1.165) is 11.4 Å². The number of aromatic nitrogens is 1. The van der Waals surface area contributed by atoms with Gasteiger partial charge in [0.1, 0.15) is 12.4 Å². The molecule has 24 heavy (non-hydrogen) atoms. The average Bonchev–Trinajstić information content (AvgIpc) is 2.58. The number of nitrogens with zero attached hydrogens (tertiary/aromatic N) is 1. The van der Waals surface area contributed by atoms with Gasteiger partial charge >= 0.3 is 0 Å². The molecule has 3 N–H and O–H groups in total. The van der Waals surface area contributed by atoms with Crippen molar-refractivity contribution in [2.45, 2.75) is 4.90 Å². The highest BCUT2D eigenvalue weighted by Crippen LogP contribution is 2.27. The van der Waals surface area contributed by atoms with Gasteiger partial charge in [-0.2, -0.15) is 0 Å². The minimum Gasteiger partial charge on any atom is -0.492 e. The first-order valence-corrected chi connectivity index (χ1v) is 8.92. The normalized spacial score (nSPS) is 11.4. The Labute approximate surface area is 140 Å². The van der Waals surface area contributed by atoms with E-state index in [1.165, 1.54) is 6.07 Å². The molecule has 0 fully saturated rings. The van der Waals surface area contributed by atoms with Crippen molar-refractivity contribution in [3.63, 3.8) is 0 Å². The predicted molar refractivity (Wildman–Crippen MR) is 93.5 cm³/mol. The third kappa shape index (κ3) is 3.64. The zero-order chi connectivity index (χ0) is 17.0. The van der Waals surface area contributed by atoms with Crippen LogP contribution in [0, 0.1) is 0 Å². The largest absolute Gasteiger partial charge is 0.492 e. The van der Waals surface area contributed by atoms with Crippen molar-refractivity contribution in [1.82, 2.24) is 4.98 Å². The van der Waals surface area contributed by atoms with Crippen molar-refractivity contribution in [3.8, 4) is 5.75 Å². The molecule has 0 amide bonds. The van der Waals surface area contributed by atoms with E-state index in [9.17, 15) is 8.42 Å². The number of para-hydroxylation sites is 1. The molecule has 7 heteroatoms. The predicted octanol–water partition coefficient (Wildman–Crippen LogP) is 2.37.